The molecule has 0 spiro atoms. The first-order valence-electron chi connectivity index (χ1n) is 8.62. The van der Waals surface area contributed by atoms with Crippen LogP contribution in [-0.4, -0.2) is 22.0 Å². The van der Waals surface area contributed by atoms with E-state index in [9.17, 15) is 14.4 Å². The van der Waals surface area contributed by atoms with Gasteiger partial charge in [-0.15, -0.1) is 0 Å². The van der Waals surface area contributed by atoms with Crippen LogP contribution in [0.5, 0.6) is 0 Å². The third-order valence-electron chi connectivity index (χ3n) is 3.78. The molecule has 1 amide bonds. The molecule has 2 heterocycles. The zero-order valence-electron chi connectivity index (χ0n) is 15.8. The van der Waals surface area contributed by atoms with Gasteiger partial charge < -0.3 is 10.2 Å². The van der Waals surface area contributed by atoms with Gasteiger partial charge in [0.1, 0.15) is 11.6 Å². The predicted molar refractivity (Wildman–Crippen MR) is 101 cm³/mol. The minimum absolute atomic E-state index is 0.0234. The van der Waals surface area contributed by atoms with E-state index in [0.717, 1.165) is 0 Å². The van der Waals surface area contributed by atoms with Crippen molar-refractivity contribution >= 4 is 17.4 Å². The summed E-state index contributed by atoms with van der Waals surface area (Å²) in [6.45, 7) is 10.0. The predicted octanol–water partition coefficient (Wildman–Crippen LogP) is 1.98. The molecule has 2 aromatic rings. The number of anilines is 2. The first-order chi connectivity index (χ1) is 12.1. The minimum atomic E-state index is -0.690. The number of hydrogen-bond donors (Lipinski definition) is 2. The number of H-pyrrole nitrogens is 1. The molecular formula is C18H26N4O4. The maximum Gasteiger partial charge on any atom is 0.330 e. The molecule has 142 valence electrons. The number of nitrogen functional groups attached to an aromatic ring is 1. The van der Waals surface area contributed by atoms with Crippen molar-refractivity contribution in [3.05, 3.63) is 44.5 Å². The normalized spacial score (nSPS) is 11.3. The molecule has 2 aromatic heterocycles. The van der Waals surface area contributed by atoms with Gasteiger partial charge >= 0.3 is 5.69 Å². The van der Waals surface area contributed by atoms with Gasteiger partial charge in [0.05, 0.1) is 0 Å². The van der Waals surface area contributed by atoms with E-state index in [4.69, 9.17) is 10.2 Å². The van der Waals surface area contributed by atoms with Crippen LogP contribution in [0.15, 0.2) is 26.1 Å². The highest BCUT2D eigenvalue weighted by molar-refractivity contribution is 6.05. The molecule has 3 N–H and O–H groups in total. The summed E-state index contributed by atoms with van der Waals surface area (Å²) >= 11 is 0. The van der Waals surface area contributed by atoms with E-state index < -0.39 is 17.2 Å². The zero-order valence-corrected chi connectivity index (χ0v) is 15.8. The van der Waals surface area contributed by atoms with E-state index in [0.29, 0.717) is 12.3 Å². The van der Waals surface area contributed by atoms with Crippen molar-refractivity contribution in [1.29, 1.82) is 0 Å². The summed E-state index contributed by atoms with van der Waals surface area (Å²) in [6.07, 6.45) is 0. The molecule has 2 rings (SSSR count). The molecular weight excluding hydrogens is 336 g/mol. The molecule has 0 saturated carbocycles. The second kappa shape index (κ2) is 7.63. The van der Waals surface area contributed by atoms with Crippen LogP contribution in [0.2, 0.25) is 0 Å². The lowest BCUT2D eigenvalue weighted by Gasteiger charge is -2.25. The molecule has 0 fully saturated rings. The Balaban J connectivity index is 2.63. The van der Waals surface area contributed by atoms with E-state index >= 15 is 0 Å². The van der Waals surface area contributed by atoms with Crippen LogP contribution in [-0.2, 0) is 6.54 Å². The highest BCUT2D eigenvalue weighted by atomic mass is 16.3. The van der Waals surface area contributed by atoms with E-state index in [1.807, 2.05) is 27.7 Å². The van der Waals surface area contributed by atoms with Crippen LogP contribution in [0.25, 0.3) is 0 Å². The highest BCUT2D eigenvalue weighted by Crippen LogP contribution is 2.22. The molecule has 0 aliphatic heterocycles. The Morgan fingerprint density at radius 2 is 1.88 bits per heavy atom. The first kappa shape index (κ1) is 19.6. The lowest BCUT2D eigenvalue weighted by atomic mass is 10.2. The van der Waals surface area contributed by atoms with E-state index in [2.05, 4.69) is 4.98 Å². The van der Waals surface area contributed by atoms with Gasteiger partial charge in [-0.1, -0.05) is 27.7 Å². The number of hydrogen-bond acceptors (Lipinski definition) is 5. The third kappa shape index (κ3) is 4.07. The number of aromatic nitrogens is 2. The summed E-state index contributed by atoms with van der Waals surface area (Å²) in [7, 11) is 0. The van der Waals surface area contributed by atoms with Crippen LogP contribution >= 0.6 is 0 Å². The molecule has 0 aromatic carbocycles. The van der Waals surface area contributed by atoms with Crippen LogP contribution in [0.1, 0.15) is 44.0 Å². The molecule has 8 nitrogen and oxygen atoms in total. The van der Waals surface area contributed by atoms with Crippen LogP contribution in [0.4, 0.5) is 11.5 Å². The lowest BCUT2D eigenvalue weighted by Crippen LogP contribution is -2.43. The molecule has 0 bridgehead atoms. The summed E-state index contributed by atoms with van der Waals surface area (Å²) in [6, 6.07) is 3.23. The average Bonchev–Trinajstić information content (AvgIpc) is 2.95. The summed E-state index contributed by atoms with van der Waals surface area (Å²) in [5.74, 6) is 0.409. The standard InChI is InChI=1S/C18H26N4O4/c1-10(2)8-21(17(24)13-7-6-12(5)26-13)14-15(19)22(9-11(3)4)18(25)20-16(14)23/h6-7,10-11H,8-9,19H2,1-5H3,(H,20,23,25). The van der Waals surface area contributed by atoms with E-state index in [-0.39, 0.29) is 35.6 Å². The number of rotatable bonds is 6. The summed E-state index contributed by atoms with van der Waals surface area (Å²) in [4.78, 5) is 41.1. The van der Waals surface area contributed by atoms with Gasteiger partial charge in [0.15, 0.2) is 11.4 Å². The van der Waals surface area contributed by atoms with Crippen molar-refractivity contribution < 1.29 is 9.21 Å². The smallest absolute Gasteiger partial charge is 0.330 e. The number of nitrogens with two attached hydrogens (primary N) is 1. The fraction of sp³-hybridized carbons (Fsp3) is 0.500. The average molecular weight is 362 g/mol. The zero-order chi connectivity index (χ0) is 19.6. The van der Waals surface area contributed by atoms with Gasteiger partial charge in [-0.2, -0.15) is 0 Å². The molecule has 0 aliphatic carbocycles. The number of nitrogens with one attached hydrogen (secondary N) is 1. The molecule has 0 atom stereocenters. The van der Waals surface area contributed by atoms with Gasteiger partial charge in [-0.05, 0) is 30.9 Å². The first-order valence-corrected chi connectivity index (χ1v) is 8.62. The Hall–Kier alpha value is -2.77. The number of nitrogens with zero attached hydrogens (tertiary/aromatic N) is 2. The highest BCUT2D eigenvalue weighted by Gasteiger charge is 2.27. The van der Waals surface area contributed by atoms with Crippen molar-refractivity contribution in [3.8, 4) is 0 Å². The molecule has 0 saturated heterocycles. The van der Waals surface area contributed by atoms with Crippen molar-refractivity contribution in [2.24, 2.45) is 11.8 Å². The Morgan fingerprint density at radius 1 is 1.23 bits per heavy atom. The number of carbonyl (C=O) groups excluding carboxylic acids is 1. The number of amides is 1. The fourth-order valence-corrected chi connectivity index (χ4v) is 2.71. The van der Waals surface area contributed by atoms with Crippen molar-refractivity contribution in [1.82, 2.24) is 9.55 Å². The second-order valence-electron chi connectivity index (χ2n) is 7.22. The van der Waals surface area contributed by atoms with E-state index in [1.165, 1.54) is 9.47 Å². The minimum Gasteiger partial charge on any atom is -0.456 e. The molecule has 0 aliphatic rings. The van der Waals surface area contributed by atoms with Gasteiger partial charge in [-0.25, -0.2) is 4.79 Å². The number of aryl methyl sites for hydroxylation is 1. The molecule has 0 radical (unpaired) electrons. The summed E-state index contributed by atoms with van der Waals surface area (Å²) < 4.78 is 6.70. The van der Waals surface area contributed by atoms with Crippen molar-refractivity contribution in [2.45, 2.75) is 41.2 Å². The van der Waals surface area contributed by atoms with Gasteiger partial charge in [0.25, 0.3) is 11.5 Å². The number of furan rings is 1. The van der Waals surface area contributed by atoms with E-state index in [1.54, 1.807) is 19.1 Å². The van der Waals surface area contributed by atoms with Crippen LogP contribution in [0.3, 0.4) is 0 Å². The van der Waals surface area contributed by atoms with Crippen molar-refractivity contribution in [2.75, 3.05) is 17.2 Å². The topological polar surface area (TPSA) is 114 Å². The largest absolute Gasteiger partial charge is 0.456 e. The third-order valence-corrected chi connectivity index (χ3v) is 3.78. The monoisotopic (exact) mass is 362 g/mol. The van der Waals surface area contributed by atoms with Crippen LogP contribution < -0.4 is 21.9 Å². The maximum atomic E-state index is 13.0. The second-order valence-corrected chi connectivity index (χ2v) is 7.22. The Morgan fingerprint density at radius 3 is 2.38 bits per heavy atom. The number of carbonyl (C=O) groups is 1. The van der Waals surface area contributed by atoms with Gasteiger partial charge in [0, 0.05) is 13.1 Å². The fourth-order valence-electron chi connectivity index (χ4n) is 2.71. The van der Waals surface area contributed by atoms with Crippen molar-refractivity contribution in [3.63, 3.8) is 0 Å². The van der Waals surface area contributed by atoms with Gasteiger partial charge in [-0.3, -0.25) is 24.0 Å². The summed E-state index contributed by atoms with van der Waals surface area (Å²) in [5, 5.41) is 0. The lowest BCUT2D eigenvalue weighted by molar-refractivity contribution is 0.0955. The maximum absolute atomic E-state index is 13.0. The molecule has 8 heteroatoms. The van der Waals surface area contributed by atoms with Crippen LogP contribution in [0, 0.1) is 18.8 Å². The molecule has 26 heavy (non-hydrogen) atoms. The summed E-state index contributed by atoms with van der Waals surface area (Å²) in [5.41, 5.74) is 4.84. The quantitative estimate of drug-likeness (QED) is 0.815. The SMILES string of the molecule is Cc1ccc(C(=O)N(CC(C)C)c2c(N)n(CC(C)C)c(=O)[nH]c2=O)o1. The number of aromatic amines is 1. The molecule has 0 unspecified atom stereocenters. The Bertz CT molecular complexity index is 905. The Labute approximate surface area is 151 Å². The Kier molecular flexibility index (Phi) is 5.74. The van der Waals surface area contributed by atoms with Gasteiger partial charge in [0.2, 0.25) is 0 Å².